The summed E-state index contributed by atoms with van der Waals surface area (Å²) in [6, 6.07) is 9.60. The molecule has 10 heteroatoms. The molecule has 0 amide bonds. The van der Waals surface area contributed by atoms with Crippen LogP contribution in [0.5, 0.6) is 0 Å². The number of rotatable bonds is 6. The number of sulfonamides is 1. The predicted octanol–water partition coefficient (Wildman–Crippen LogP) is 7.15. The highest BCUT2D eigenvalue weighted by Gasteiger charge is 2.51. The number of hydrogen-bond acceptors (Lipinski definition) is 2. The van der Waals surface area contributed by atoms with E-state index in [1.54, 1.807) is 37.4 Å². The Morgan fingerprint density at radius 3 is 2.31 bits per heavy atom. The largest absolute Gasteiger partial charge is 0.417 e. The fraction of sp³-hybridized carbons (Fsp3) is 0.462. The number of hydrogen-bond donors (Lipinski definition) is 1. The number of nitrogens with zero attached hydrogens (tertiary/aromatic N) is 1. The van der Waals surface area contributed by atoms with Crippen molar-refractivity contribution in [1.29, 1.82) is 0 Å². The maximum absolute atomic E-state index is 13.6. The number of fused-ring (bicyclic) bond motifs is 1. The van der Waals surface area contributed by atoms with E-state index in [0.29, 0.717) is 28.6 Å². The van der Waals surface area contributed by atoms with E-state index in [0.717, 1.165) is 6.07 Å². The van der Waals surface area contributed by atoms with Crippen molar-refractivity contribution < 1.29 is 30.4 Å². The van der Waals surface area contributed by atoms with Gasteiger partial charge in [-0.2, -0.15) is 13.2 Å². The molecule has 1 fully saturated rings. The van der Waals surface area contributed by atoms with Crippen LogP contribution in [0.3, 0.4) is 0 Å². The first-order chi connectivity index (χ1) is 16.5. The number of benzene rings is 2. The molecular weight excluding hydrogens is 499 g/mol. The van der Waals surface area contributed by atoms with Gasteiger partial charge in [0.05, 0.1) is 10.8 Å². The normalized spacial score (nSPS) is 17.8. The van der Waals surface area contributed by atoms with Gasteiger partial charge < -0.3 is 4.57 Å². The Morgan fingerprint density at radius 1 is 1.08 bits per heavy atom. The lowest BCUT2D eigenvalue weighted by Gasteiger charge is -2.34. The third-order valence-electron chi connectivity index (χ3n) is 6.40. The molecule has 1 N–H and O–H groups in total. The molecule has 196 valence electrons. The second-order valence-electron chi connectivity index (χ2n) is 10.8. The zero-order chi connectivity index (χ0) is 26.7. The first-order valence-corrected chi connectivity index (χ1v) is 13.2. The summed E-state index contributed by atoms with van der Waals surface area (Å²) in [6.07, 6.45) is -4.14. The summed E-state index contributed by atoms with van der Waals surface area (Å²) in [5, 5.41) is -0.468. The molecule has 1 saturated carbocycles. The van der Waals surface area contributed by atoms with Crippen LogP contribution in [0.2, 0.25) is 0 Å². The second-order valence-corrected chi connectivity index (χ2v) is 12.8. The summed E-state index contributed by atoms with van der Waals surface area (Å²) in [5.74, 6) is -2.96. The molecular formula is C26H29F5N2O2S. The maximum Gasteiger partial charge on any atom is 0.417 e. The van der Waals surface area contributed by atoms with Crippen molar-refractivity contribution in [3.05, 3.63) is 59.8 Å². The molecule has 4 nitrogen and oxygen atoms in total. The standard InChI is InChI=1S/C26H29F5N2O2S/c1-16(32-36(34,35)18-12-25(27,28)13-18)21-14-33(15-24(2,3)4)23-11-17(9-10-20(21)23)19-7-5-6-8-22(19)26(29,30)31/h5-11,14,16,18,32H,12-13,15H2,1-4H3/t16-/m1/s1. The van der Waals surface area contributed by atoms with Crippen molar-refractivity contribution in [3.63, 3.8) is 0 Å². The van der Waals surface area contributed by atoms with E-state index < -0.39 is 51.8 Å². The summed E-state index contributed by atoms with van der Waals surface area (Å²) in [7, 11) is -3.97. The summed E-state index contributed by atoms with van der Waals surface area (Å²) >= 11 is 0. The molecule has 2 aromatic carbocycles. The first-order valence-electron chi connectivity index (χ1n) is 11.7. The van der Waals surface area contributed by atoms with Crippen LogP contribution in [0, 0.1) is 5.41 Å². The van der Waals surface area contributed by atoms with E-state index in [1.165, 1.54) is 12.1 Å². The van der Waals surface area contributed by atoms with Crippen LogP contribution >= 0.6 is 0 Å². The minimum atomic E-state index is -4.52. The van der Waals surface area contributed by atoms with Crippen LogP contribution in [-0.4, -0.2) is 24.2 Å². The van der Waals surface area contributed by atoms with E-state index in [-0.39, 0.29) is 11.0 Å². The maximum atomic E-state index is 13.6. The molecule has 4 rings (SSSR count). The smallest absolute Gasteiger partial charge is 0.347 e. The van der Waals surface area contributed by atoms with E-state index in [1.807, 2.05) is 25.3 Å². The molecule has 0 saturated heterocycles. The predicted molar refractivity (Wildman–Crippen MR) is 130 cm³/mol. The van der Waals surface area contributed by atoms with Crippen molar-refractivity contribution in [2.75, 3.05) is 0 Å². The number of nitrogens with one attached hydrogen (secondary N) is 1. The first kappa shape index (κ1) is 26.6. The third kappa shape index (κ3) is 5.44. The molecule has 1 atom stereocenters. The lowest BCUT2D eigenvalue weighted by atomic mass is 9.94. The number of alkyl halides is 5. The zero-order valence-corrected chi connectivity index (χ0v) is 21.3. The van der Waals surface area contributed by atoms with Gasteiger partial charge in [0.25, 0.3) is 5.92 Å². The van der Waals surface area contributed by atoms with Crippen molar-refractivity contribution in [2.45, 2.75) is 70.5 Å². The van der Waals surface area contributed by atoms with Gasteiger partial charge in [-0.25, -0.2) is 21.9 Å². The van der Waals surface area contributed by atoms with Gasteiger partial charge >= 0.3 is 6.18 Å². The molecule has 36 heavy (non-hydrogen) atoms. The zero-order valence-electron chi connectivity index (χ0n) is 20.5. The molecule has 0 aliphatic heterocycles. The van der Waals surface area contributed by atoms with Crippen LogP contribution in [0.1, 0.15) is 57.7 Å². The van der Waals surface area contributed by atoms with E-state index in [9.17, 15) is 30.4 Å². The van der Waals surface area contributed by atoms with Gasteiger partial charge in [0, 0.05) is 42.5 Å². The fourth-order valence-corrected chi connectivity index (χ4v) is 6.43. The topological polar surface area (TPSA) is 51.1 Å². The highest BCUT2D eigenvalue weighted by molar-refractivity contribution is 7.90. The van der Waals surface area contributed by atoms with Gasteiger partial charge in [-0.15, -0.1) is 0 Å². The Bertz CT molecular complexity index is 1380. The van der Waals surface area contributed by atoms with Crippen molar-refractivity contribution in [3.8, 4) is 11.1 Å². The highest BCUT2D eigenvalue weighted by Crippen LogP contribution is 2.42. The Balaban J connectivity index is 1.77. The van der Waals surface area contributed by atoms with Gasteiger partial charge in [0.2, 0.25) is 10.0 Å². The number of aromatic nitrogens is 1. The summed E-state index contributed by atoms with van der Waals surface area (Å²) in [4.78, 5) is 0. The highest BCUT2D eigenvalue weighted by atomic mass is 32.2. The van der Waals surface area contributed by atoms with E-state index >= 15 is 0 Å². The fourth-order valence-electron chi connectivity index (χ4n) is 4.69. The Labute approximate surface area is 207 Å². The van der Waals surface area contributed by atoms with Crippen molar-refractivity contribution in [2.24, 2.45) is 5.41 Å². The molecule has 0 spiro atoms. The van der Waals surface area contributed by atoms with Crippen LogP contribution in [0.15, 0.2) is 48.7 Å². The second kappa shape index (κ2) is 8.83. The Kier molecular flexibility index (Phi) is 6.53. The van der Waals surface area contributed by atoms with Gasteiger partial charge in [-0.05, 0) is 41.2 Å². The van der Waals surface area contributed by atoms with Crippen LogP contribution < -0.4 is 4.72 Å². The molecule has 0 unspecified atom stereocenters. The van der Waals surface area contributed by atoms with E-state index in [2.05, 4.69) is 4.72 Å². The van der Waals surface area contributed by atoms with Crippen LogP contribution in [0.4, 0.5) is 22.0 Å². The van der Waals surface area contributed by atoms with Crippen LogP contribution in [0.25, 0.3) is 22.0 Å². The summed E-state index contributed by atoms with van der Waals surface area (Å²) < 4.78 is 97.2. The third-order valence-corrected chi connectivity index (χ3v) is 8.29. The van der Waals surface area contributed by atoms with Gasteiger partial charge in [0.1, 0.15) is 0 Å². The molecule has 1 aliphatic rings. The van der Waals surface area contributed by atoms with Gasteiger partial charge in [-0.3, -0.25) is 0 Å². The minimum Gasteiger partial charge on any atom is -0.347 e. The molecule has 1 heterocycles. The number of halogens is 5. The minimum absolute atomic E-state index is 0.0524. The average molecular weight is 529 g/mol. The van der Waals surface area contributed by atoms with Crippen LogP contribution in [-0.2, 0) is 22.7 Å². The molecule has 0 bridgehead atoms. The SMILES string of the molecule is C[C@@H](NS(=O)(=O)C1CC(F)(F)C1)c1cn(CC(C)(C)C)c2cc(-c3ccccc3C(F)(F)F)ccc12. The van der Waals surface area contributed by atoms with E-state index in [4.69, 9.17) is 0 Å². The molecule has 3 aromatic rings. The monoisotopic (exact) mass is 528 g/mol. The average Bonchev–Trinajstić information content (AvgIpc) is 3.07. The van der Waals surface area contributed by atoms with Gasteiger partial charge in [0.15, 0.2) is 0 Å². The quantitative estimate of drug-likeness (QED) is 0.346. The van der Waals surface area contributed by atoms with Crippen molar-refractivity contribution in [1.82, 2.24) is 9.29 Å². The Morgan fingerprint density at radius 2 is 1.72 bits per heavy atom. The van der Waals surface area contributed by atoms with Gasteiger partial charge in [-0.1, -0.05) is 51.1 Å². The summed E-state index contributed by atoms with van der Waals surface area (Å²) in [5.41, 5.74) is 0.813. The van der Waals surface area contributed by atoms with Crippen molar-refractivity contribution >= 4 is 20.9 Å². The summed E-state index contributed by atoms with van der Waals surface area (Å²) in [6.45, 7) is 8.22. The molecule has 1 aromatic heterocycles. The lowest BCUT2D eigenvalue weighted by Crippen LogP contribution is -2.49. The molecule has 0 radical (unpaired) electrons. The molecule has 1 aliphatic carbocycles. The Hall–Kier alpha value is -2.46. The lowest BCUT2D eigenvalue weighted by molar-refractivity contribution is -0.137.